The second-order valence-electron chi connectivity index (χ2n) is 5.53. The first-order chi connectivity index (χ1) is 12.1. The minimum atomic E-state index is -0.353. The van der Waals surface area contributed by atoms with Gasteiger partial charge in [-0.1, -0.05) is 35.6 Å². The van der Waals surface area contributed by atoms with Gasteiger partial charge in [0.15, 0.2) is 5.13 Å². The SMILES string of the molecule is COc1ccccc1CNC(=O)CN(C)c1nc2c(F)cccc2s1. The third-order valence-electron chi connectivity index (χ3n) is 3.73. The molecule has 1 amide bonds. The molecule has 0 saturated carbocycles. The lowest BCUT2D eigenvalue weighted by atomic mass is 10.2. The zero-order valence-electron chi connectivity index (χ0n) is 14.0. The van der Waals surface area contributed by atoms with Gasteiger partial charge in [-0.15, -0.1) is 0 Å². The molecule has 1 N–H and O–H groups in total. The molecule has 130 valence electrons. The van der Waals surface area contributed by atoms with Gasteiger partial charge in [-0.25, -0.2) is 9.37 Å². The number of nitrogens with zero attached hydrogens (tertiary/aromatic N) is 2. The Hall–Kier alpha value is -2.67. The molecule has 0 fully saturated rings. The number of para-hydroxylation sites is 2. The number of carbonyl (C=O) groups is 1. The third-order valence-corrected chi connectivity index (χ3v) is 4.87. The Morgan fingerprint density at radius 2 is 2.08 bits per heavy atom. The molecule has 5 nitrogen and oxygen atoms in total. The van der Waals surface area contributed by atoms with Crippen molar-refractivity contribution in [3.8, 4) is 5.75 Å². The number of anilines is 1. The number of amides is 1. The van der Waals surface area contributed by atoms with E-state index in [9.17, 15) is 9.18 Å². The largest absolute Gasteiger partial charge is 0.496 e. The number of carbonyl (C=O) groups excluding carboxylic acids is 1. The molecule has 0 atom stereocenters. The number of likely N-dealkylation sites (N-methyl/N-ethyl adjacent to an activating group) is 1. The molecule has 3 rings (SSSR count). The van der Waals surface area contributed by atoms with Gasteiger partial charge < -0.3 is 15.0 Å². The fourth-order valence-corrected chi connectivity index (χ4v) is 3.39. The van der Waals surface area contributed by atoms with Crippen LogP contribution in [0.25, 0.3) is 10.2 Å². The molecular formula is C18H18FN3O2S. The predicted octanol–water partition coefficient (Wildman–Crippen LogP) is 3.20. The summed E-state index contributed by atoms with van der Waals surface area (Å²) in [7, 11) is 3.36. The average Bonchev–Trinajstić information content (AvgIpc) is 3.06. The Kier molecular flexibility index (Phi) is 5.14. The Balaban J connectivity index is 1.62. The van der Waals surface area contributed by atoms with Crippen molar-refractivity contribution in [2.45, 2.75) is 6.54 Å². The fourth-order valence-electron chi connectivity index (χ4n) is 2.45. The van der Waals surface area contributed by atoms with Crippen molar-refractivity contribution < 1.29 is 13.9 Å². The maximum atomic E-state index is 13.7. The van der Waals surface area contributed by atoms with E-state index in [0.717, 1.165) is 16.0 Å². The number of aromatic nitrogens is 1. The van der Waals surface area contributed by atoms with E-state index in [4.69, 9.17) is 4.74 Å². The smallest absolute Gasteiger partial charge is 0.239 e. The fraction of sp³-hybridized carbons (Fsp3) is 0.222. The molecule has 7 heteroatoms. The van der Waals surface area contributed by atoms with Gasteiger partial charge in [-0.3, -0.25) is 4.79 Å². The number of benzene rings is 2. The molecule has 2 aromatic carbocycles. The van der Waals surface area contributed by atoms with E-state index in [1.807, 2.05) is 30.3 Å². The minimum Gasteiger partial charge on any atom is -0.496 e. The number of methoxy groups -OCH3 is 1. The molecule has 0 aliphatic rings. The van der Waals surface area contributed by atoms with Gasteiger partial charge in [0, 0.05) is 19.2 Å². The lowest BCUT2D eigenvalue weighted by molar-refractivity contribution is -0.119. The Bertz CT molecular complexity index is 897. The Morgan fingerprint density at radius 1 is 1.28 bits per heavy atom. The number of halogens is 1. The maximum Gasteiger partial charge on any atom is 0.239 e. The number of fused-ring (bicyclic) bond motifs is 1. The number of hydrogen-bond acceptors (Lipinski definition) is 5. The van der Waals surface area contributed by atoms with E-state index in [1.165, 1.54) is 17.4 Å². The van der Waals surface area contributed by atoms with Gasteiger partial charge in [0.2, 0.25) is 5.91 Å². The predicted molar refractivity (Wildman–Crippen MR) is 97.7 cm³/mol. The lowest BCUT2D eigenvalue weighted by Gasteiger charge is -2.15. The summed E-state index contributed by atoms with van der Waals surface area (Å²) in [6.45, 7) is 0.516. The number of ether oxygens (including phenoxy) is 1. The number of nitrogens with one attached hydrogen (secondary N) is 1. The third kappa shape index (κ3) is 3.88. The first-order valence-electron chi connectivity index (χ1n) is 7.73. The number of rotatable bonds is 6. The maximum absolute atomic E-state index is 13.7. The molecule has 1 heterocycles. The first-order valence-corrected chi connectivity index (χ1v) is 8.55. The van der Waals surface area contributed by atoms with Crippen LogP contribution in [0.4, 0.5) is 9.52 Å². The van der Waals surface area contributed by atoms with Crippen molar-refractivity contribution in [1.29, 1.82) is 0 Å². The van der Waals surface area contributed by atoms with Gasteiger partial charge >= 0.3 is 0 Å². The van der Waals surface area contributed by atoms with E-state index in [2.05, 4.69) is 10.3 Å². The van der Waals surface area contributed by atoms with Crippen molar-refractivity contribution in [1.82, 2.24) is 10.3 Å². The monoisotopic (exact) mass is 359 g/mol. The zero-order chi connectivity index (χ0) is 17.8. The summed E-state index contributed by atoms with van der Waals surface area (Å²) in [4.78, 5) is 18.2. The second-order valence-corrected chi connectivity index (χ2v) is 6.54. The van der Waals surface area contributed by atoms with Crippen molar-refractivity contribution in [3.05, 3.63) is 53.8 Å². The number of thiazole rings is 1. The molecule has 3 aromatic rings. The van der Waals surface area contributed by atoms with Crippen LogP contribution in [0.5, 0.6) is 5.75 Å². The molecule has 25 heavy (non-hydrogen) atoms. The molecule has 0 bridgehead atoms. The molecule has 0 saturated heterocycles. The topological polar surface area (TPSA) is 54.5 Å². The van der Waals surface area contributed by atoms with Crippen LogP contribution in [-0.4, -0.2) is 31.6 Å². The van der Waals surface area contributed by atoms with Gasteiger partial charge in [0.25, 0.3) is 0 Å². The normalized spacial score (nSPS) is 10.7. The highest BCUT2D eigenvalue weighted by atomic mass is 32.1. The highest BCUT2D eigenvalue weighted by Crippen LogP contribution is 2.29. The zero-order valence-corrected chi connectivity index (χ0v) is 14.8. The Labute approximate surface area is 149 Å². The summed E-state index contributed by atoms with van der Waals surface area (Å²) in [6, 6.07) is 12.4. The summed E-state index contributed by atoms with van der Waals surface area (Å²) < 4.78 is 19.8. The molecule has 0 spiro atoms. The van der Waals surface area contributed by atoms with E-state index < -0.39 is 0 Å². The van der Waals surface area contributed by atoms with Crippen LogP contribution in [0, 0.1) is 5.82 Å². The van der Waals surface area contributed by atoms with Crippen LogP contribution < -0.4 is 15.0 Å². The molecule has 1 aromatic heterocycles. The Morgan fingerprint density at radius 3 is 2.84 bits per heavy atom. The average molecular weight is 359 g/mol. The van der Waals surface area contributed by atoms with Gasteiger partial charge in [-0.2, -0.15) is 0 Å². The van der Waals surface area contributed by atoms with E-state index in [1.54, 1.807) is 25.1 Å². The van der Waals surface area contributed by atoms with Crippen LogP contribution in [-0.2, 0) is 11.3 Å². The standard InChI is InChI=1S/C18H18FN3O2S/c1-22(18-21-17-13(19)7-5-9-15(17)25-18)11-16(23)20-10-12-6-3-4-8-14(12)24-2/h3-9H,10-11H2,1-2H3,(H,20,23). The van der Waals surface area contributed by atoms with E-state index in [-0.39, 0.29) is 18.3 Å². The van der Waals surface area contributed by atoms with Gasteiger partial charge in [0.1, 0.15) is 17.1 Å². The molecular weight excluding hydrogens is 341 g/mol. The minimum absolute atomic E-state index is 0.136. The van der Waals surface area contributed by atoms with E-state index in [0.29, 0.717) is 17.2 Å². The summed E-state index contributed by atoms with van der Waals surface area (Å²) in [5.74, 6) is 0.236. The van der Waals surface area contributed by atoms with Crippen LogP contribution in [0.1, 0.15) is 5.56 Å². The van der Waals surface area contributed by atoms with Crippen molar-refractivity contribution in [2.24, 2.45) is 0 Å². The summed E-state index contributed by atoms with van der Waals surface area (Å²) in [5, 5.41) is 3.47. The van der Waals surface area contributed by atoms with Crippen LogP contribution in [0.3, 0.4) is 0 Å². The summed E-state index contributed by atoms with van der Waals surface area (Å²) in [6.07, 6.45) is 0. The summed E-state index contributed by atoms with van der Waals surface area (Å²) >= 11 is 1.36. The lowest BCUT2D eigenvalue weighted by Crippen LogP contribution is -2.34. The van der Waals surface area contributed by atoms with Crippen LogP contribution in [0.15, 0.2) is 42.5 Å². The molecule has 0 radical (unpaired) electrons. The summed E-state index contributed by atoms with van der Waals surface area (Å²) in [5.41, 5.74) is 1.24. The van der Waals surface area contributed by atoms with Crippen molar-refractivity contribution in [3.63, 3.8) is 0 Å². The van der Waals surface area contributed by atoms with Gasteiger partial charge in [0.05, 0.1) is 18.4 Å². The van der Waals surface area contributed by atoms with Gasteiger partial charge in [-0.05, 0) is 18.2 Å². The van der Waals surface area contributed by atoms with E-state index >= 15 is 0 Å². The second kappa shape index (κ2) is 7.48. The highest BCUT2D eigenvalue weighted by molar-refractivity contribution is 7.22. The first kappa shape index (κ1) is 17.2. The van der Waals surface area contributed by atoms with Crippen molar-refractivity contribution in [2.75, 3.05) is 25.6 Å². The quantitative estimate of drug-likeness (QED) is 0.734. The van der Waals surface area contributed by atoms with Crippen LogP contribution in [0.2, 0.25) is 0 Å². The molecule has 0 unspecified atom stereocenters. The highest BCUT2D eigenvalue weighted by Gasteiger charge is 2.14. The molecule has 0 aliphatic heterocycles. The van der Waals surface area contributed by atoms with Crippen molar-refractivity contribution >= 4 is 32.6 Å². The van der Waals surface area contributed by atoms with Crippen LogP contribution >= 0.6 is 11.3 Å². The number of hydrogen-bond donors (Lipinski definition) is 1. The molecule has 0 aliphatic carbocycles.